The van der Waals surface area contributed by atoms with Gasteiger partial charge in [-0.05, 0) is 38.4 Å². The van der Waals surface area contributed by atoms with Crippen molar-refractivity contribution in [3.63, 3.8) is 0 Å². The summed E-state index contributed by atoms with van der Waals surface area (Å²) in [6.45, 7) is 4.93. The van der Waals surface area contributed by atoms with E-state index in [4.69, 9.17) is 0 Å². The molecule has 16 heavy (non-hydrogen) atoms. The number of nitrogens with one attached hydrogen (secondary N) is 2. The molecule has 0 spiro atoms. The number of carbonyl (C=O) groups is 1. The number of anilines is 1. The van der Waals surface area contributed by atoms with Crippen molar-refractivity contribution in [2.75, 3.05) is 11.9 Å². The van der Waals surface area contributed by atoms with Crippen LogP contribution in [0.1, 0.15) is 18.9 Å². The third-order valence-corrected chi connectivity index (χ3v) is 3.02. The Bertz CT molecular complexity index is 374. The molecule has 0 saturated carbocycles. The van der Waals surface area contributed by atoms with Gasteiger partial charge in [-0.3, -0.25) is 4.79 Å². The lowest BCUT2D eigenvalue weighted by atomic mass is 10.0. The second-order valence-electron chi connectivity index (χ2n) is 4.35. The molecule has 2 heterocycles. The van der Waals surface area contributed by atoms with Gasteiger partial charge in [-0.15, -0.1) is 0 Å². The van der Waals surface area contributed by atoms with Crippen molar-refractivity contribution in [2.24, 2.45) is 5.92 Å². The summed E-state index contributed by atoms with van der Waals surface area (Å²) in [5.41, 5.74) is 1.09. The van der Waals surface area contributed by atoms with Crippen LogP contribution in [0.2, 0.25) is 0 Å². The van der Waals surface area contributed by atoms with Gasteiger partial charge in [-0.25, -0.2) is 4.98 Å². The summed E-state index contributed by atoms with van der Waals surface area (Å²) in [6.07, 6.45) is 2.66. The van der Waals surface area contributed by atoms with Crippen LogP contribution in [0.3, 0.4) is 0 Å². The van der Waals surface area contributed by atoms with E-state index in [0.29, 0.717) is 5.82 Å². The van der Waals surface area contributed by atoms with Gasteiger partial charge in [0.1, 0.15) is 5.82 Å². The van der Waals surface area contributed by atoms with E-state index in [1.54, 1.807) is 6.20 Å². The minimum absolute atomic E-state index is 0.0584. The summed E-state index contributed by atoms with van der Waals surface area (Å²) in [4.78, 5) is 16.1. The molecule has 1 saturated heterocycles. The van der Waals surface area contributed by atoms with E-state index in [0.717, 1.165) is 18.5 Å². The van der Waals surface area contributed by atoms with Crippen molar-refractivity contribution in [1.82, 2.24) is 10.3 Å². The van der Waals surface area contributed by atoms with Gasteiger partial charge in [-0.1, -0.05) is 6.07 Å². The minimum atomic E-state index is 0.0584. The highest BCUT2D eigenvalue weighted by molar-refractivity contribution is 5.92. The van der Waals surface area contributed by atoms with Gasteiger partial charge in [0.25, 0.3) is 0 Å². The number of rotatable bonds is 2. The monoisotopic (exact) mass is 219 g/mol. The minimum Gasteiger partial charge on any atom is -0.313 e. The molecular formula is C12H17N3O. The molecule has 1 amide bonds. The summed E-state index contributed by atoms with van der Waals surface area (Å²) in [6, 6.07) is 4.03. The quantitative estimate of drug-likeness (QED) is 0.789. The van der Waals surface area contributed by atoms with Crippen LogP contribution in [0.15, 0.2) is 18.3 Å². The highest BCUT2D eigenvalue weighted by Gasteiger charge is 2.29. The molecule has 1 aliphatic rings. The molecule has 4 nitrogen and oxygen atoms in total. The second kappa shape index (κ2) is 4.61. The fraction of sp³-hybridized carbons (Fsp3) is 0.500. The van der Waals surface area contributed by atoms with Gasteiger partial charge in [-0.2, -0.15) is 0 Å². The van der Waals surface area contributed by atoms with Crippen molar-refractivity contribution in [3.8, 4) is 0 Å². The van der Waals surface area contributed by atoms with Crippen molar-refractivity contribution in [3.05, 3.63) is 23.9 Å². The predicted octanol–water partition coefficient (Wildman–Crippen LogP) is 1.33. The average molecular weight is 219 g/mol. The number of carbonyl (C=O) groups excluding carboxylic acids is 1. The van der Waals surface area contributed by atoms with Crippen molar-refractivity contribution >= 4 is 11.7 Å². The van der Waals surface area contributed by atoms with Gasteiger partial charge >= 0.3 is 0 Å². The molecule has 0 aliphatic carbocycles. The number of hydrogen-bond donors (Lipinski definition) is 2. The van der Waals surface area contributed by atoms with Crippen LogP contribution in [-0.2, 0) is 4.79 Å². The normalized spacial score (nSPS) is 24.4. The van der Waals surface area contributed by atoms with E-state index in [1.165, 1.54) is 0 Å². The van der Waals surface area contributed by atoms with E-state index >= 15 is 0 Å². The van der Waals surface area contributed by atoms with Crippen LogP contribution in [0, 0.1) is 12.8 Å². The van der Waals surface area contributed by atoms with E-state index in [2.05, 4.69) is 15.6 Å². The standard InChI is InChI=1S/C12H17N3O/c1-8-3-4-11(14-7-8)15-12(16)10-5-6-13-9(10)2/h3-4,7,9-10,13H,5-6H2,1-2H3,(H,14,15,16). The molecule has 2 rings (SSSR count). The number of hydrogen-bond acceptors (Lipinski definition) is 3. The molecule has 4 heteroatoms. The molecule has 2 atom stereocenters. The maximum absolute atomic E-state index is 11.9. The first kappa shape index (κ1) is 11.1. The molecule has 1 aliphatic heterocycles. The van der Waals surface area contributed by atoms with E-state index in [1.807, 2.05) is 26.0 Å². The maximum Gasteiger partial charge on any atom is 0.230 e. The van der Waals surface area contributed by atoms with Gasteiger partial charge < -0.3 is 10.6 Å². The van der Waals surface area contributed by atoms with Crippen molar-refractivity contribution in [1.29, 1.82) is 0 Å². The Hall–Kier alpha value is -1.42. The van der Waals surface area contributed by atoms with Crippen LogP contribution in [0.25, 0.3) is 0 Å². The highest BCUT2D eigenvalue weighted by Crippen LogP contribution is 2.17. The molecule has 2 N–H and O–H groups in total. The summed E-state index contributed by atoms with van der Waals surface area (Å²) in [5.74, 6) is 0.756. The predicted molar refractivity (Wildman–Crippen MR) is 63.2 cm³/mol. The topological polar surface area (TPSA) is 54.0 Å². The highest BCUT2D eigenvalue weighted by atomic mass is 16.2. The Morgan fingerprint density at radius 1 is 1.56 bits per heavy atom. The van der Waals surface area contributed by atoms with Crippen LogP contribution >= 0.6 is 0 Å². The van der Waals surface area contributed by atoms with Gasteiger partial charge in [0.05, 0.1) is 5.92 Å². The number of aromatic nitrogens is 1. The fourth-order valence-electron chi connectivity index (χ4n) is 1.98. The average Bonchev–Trinajstić information content (AvgIpc) is 2.68. The molecule has 0 aromatic carbocycles. The number of aryl methyl sites for hydroxylation is 1. The third kappa shape index (κ3) is 2.39. The maximum atomic E-state index is 11.9. The SMILES string of the molecule is Cc1ccc(NC(=O)C2CCNC2C)nc1. The Morgan fingerprint density at radius 2 is 2.38 bits per heavy atom. The van der Waals surface area contributed by atoms with Crippen LogP contribution in [-0.4, -0.2) is 23.5 Å². The van der Waals surface area contributed by atoms with E-state index < -0.39 is 0 Å². The largest absolute Gasteiger partial charge is 0.313 e. The van der Waals surface area contributed by atoms with Crippen LogP contribution in [0.4, 0.5) is 5.82 Å². The zero-order valence-corrected chi connectivity index (χ0v) is 9.66. The molecule has 1 fully saturated rings. The van der Waals surface area contributed by atoms with Gasteiger partial charge in [0.15, 0.2) is 0 Å². The third-order valence-electron chi connectivity index (χ3n) is 3.02. The smallest absolute Gasteiger partial charge is 0.230 e. The second-order valence-corrected chi connectivity index (χ2v) is 4.35. The van der Waals surface area contributed by atoms with E-state index in [-0.39, 0.29) is 17.9 Å². The molecular weight excluding hydrogens is 202 g/mol. The first-order valence-electron chi connectivity index (χ1n) is 5.64. The number of amides is 1. The lowest BCUT2D eigenvalue weighted by Gasteiger charge is -2.14. The molecule has 0 bridgehead atoms. The lowest BCUT2D eigenvalue weighted by Crippen LogP contribution is -2.32. The van der Waals surface area contributed by atoms with Crippen molar-refractivity contribution < 1.29 is 4.79 Å². The van der Waals surface area contributed by atoms with E-state index in [9.17, 15) is 4.79 Å². The zero-order valence-electron chi connectivity index (χ0n) is 9.66. The molecule has 1 aromatic heterocycles. The molecule has 1 aromatic rings. The zero-order chi connectivity index (χ0) is 11.5. The van der Waals surface area contributed by atoms with Gasteiger partial charge in [0.2, 0.25) is 5.91 Å². The first-order chi connectivity index (χ1) is 7.66. The number of nitrogens with zero attached hydrogens (tertiary/aromatic N) is 1. The van der Waals surface area contributed by atoms with Crippen LogP contribution in [0.5, 0.6) is 0 Å². The molecule has 86 valence electrons. The van der Waals surface area contributed by atoms with Crippen molar-refractivity contribution in [2.45, 2.75) is 26.3 Å². The summed E-state index contributed by atoms with van der Waals surface area (Å²) >= 11 is 0. The van der Waals surface area contributed by atoms with Crippen LogP contribution < -0.4 is 10.6 Å². The Labute approximate surface area is 95.5 Å². The van der Waals surface area contributed by atoms with Gasteiger partial charge in [0, 0.05) is 12.2 Å². The Balaban J connectivity index is 1.99. The first-order valence-corrected chi connectivity index (χ1v) is 5.64. The summed E-state index contributed by atoms with van der Waals surface area (Å²) < 4.78 is 0. The lowest BCUT2D eigenvalue weighted by molar-refractivity contribution is -0.120. The molecule has 2 unspecified atom stereocenters. The molecule has 0 radical (unpaired) electrons. The Morgan fingerprint density at radius 3 is 2.94 bits per heavy atom. The summed E-state index contributed by atoms with van der Waals surface area (Å²) in [7, 11) is 0. The summed E-state index contributed by atoms with van der Waals surface area (Å²) in [5, 5.41) is 6.12. The number of pyridine rings is 1. The Kier molecular flexibility index (Phi) is 3.19. The fourth-order valence-corrected chi connectivity index (χ4v) is 1.98.